The molecule has 0 spiro atoms. The van der Waals surface area contributed by atoms with Crippen molar-refractivity contribution in [3.63, 3.8) is 0 Å². The molecule has 1 fully saturated rings. The van der Waals surface area contributed by atoms with E-state index in [2.05, 4.69) is 15.2 Å². The van der Waals surface area contributed by atoms with Gasteiger partial charge in [-0.1, -0.05) is 6.92 Å². The van der Waals surface area contributed by atoms with Crippen molar-refractivity contribution in [1.82, 2.24) is 15.2 Å². The lowest BCUT2D eigenvalue weighted by atomic mass is 9.89. The Morgan fingerprint density at radius 3 is 2.73 bits per heavy atom. The summed E-state index contributed by atoms with van der Waals surface area (Å²) in [4.78, 5) is 14.4. The number of hydrogen-bond acceptors (Lipinski definition) is 5. The number of carbonyl (C=O) groups is 1. The first kappa shape index (κ1) is 10.3. The summed E-state index contributed by atoms with van der Waals surface area (Å²) < 4.78 is 22.7. The molecule has 0 saturated carbocycles. The number of rotatable bonds is 2. The largest absolute Gasteiger partial charge is 0.294 e. The molecular formula is C8H11N3O3S. The van der Waals surface area contributed by atoms with Gasteiger partial charge >= 0.3 is 0 Å². The summed E-state index contributed by atoms with van der Waals surface area (Å²) in [5.41, 5.74) is -0.535. The van der Waals surface area contributed by atoms with Gasteiger partial charge in [0.2, 0.25) is 5.82 Å². The summed E-state index contributed by atoms with van der Waals surface area (Å²) in [6, 6.07) is 0. The van der Waals surface area contributed by atoms with Crippen LogP contribution in [0.5, 0.6) is 0 Å². The Morgan fingerprint density at radius 2 is 2.27 bits per heavy atom. The lowest BCUT2D eigenvalue weighted by Gasteiger charge is -2.17. The second kappa shape index (κ2) is 3.13. The average molecular weight is 229 g/mol. The number of nitrogens with zero attached hydrogens (tertiary/aromatic N) is 2. The molecule has 2 rings (SSSR count). The minimum atomic E-state index is -2.98. The monoisotopic (exact) mass is 229 g/mol. The maximum atomic E-state index is 11.4. The topological polar surface area (TPSA) is 92.8 Å². The molecule has 1 N–H and O–H groups in total. The van der Waals surface area contributed by atoms with Gasteiger partial charge in [0.25, 0.3) is 0 Å². The summed E-state index contributed by atoms with van der Waals surface area (Å²) in [5, 5.41) is 6.29. The van der Waals surface area contributed by atoms with Crippen LogP contribution in [-0.4, -0.2) is 41.4 Å². The number of aldehydes is 1. The maximum Gasteiger partial charge on any atom is 0.214 e. The van der Waals surface area contributed by atoms with E-state index in [0.717, 1.165) is 0 Å². The standard InChI is InChI=1S/C8H11N3O3S/c1-8(2-3-15(13,14)5-8)7-9-6(4-12)10-11-7/h4H,2-3,5H2,1H3,(H,9,10,11). The Morgan fingerprint density at radius 1 is 1.53 bits per heavy atom. The van der Waals surface area contributed by atoms with Crippen LogP contribution in [0.2, 0.25) is 0 Å². The van der Waals surface area contributed by atoms with E-state index in [-0.39, 0.29) is 17.3 Å². The molecular weight excluding hydrogens is 218 g/mol. The number of aromatic amines is 1. The van der Waals surface area contributed by atoms with Gasteiger partial charge < -0.3 is 0 Å². The van der Waals surface area contributed by atoms with Crippen LogP contribution in [0.15, 0.2) is 0 Å². The molecule has 2 heterocycles. The highest BCUT2D eigenvalue weighted by Gasteiger charge is 2.42. The summed E-state index contributed by atoms with van der Waals surface area (Å²) in [7, 11) is -2.98. The van der Waals surface area contributed by atoms with Gasteiger partial charge in [0.1, 0.15) is 5.82 Å². The van der Waals surface area contributed by atoms with Crippen molar-refractivity contribution in [1.29, 1.82) is 0 Å². The van der Waals surface area contributed by atoms with Crippen LogP contribution in [-0.2, 0) is 15.3 Å². The van der Waals surface area contributed by atoms with Crippen LogP contribution in [0.4, 0.5) is 0 Å². The Hall–Kier alpha value is -1.24. The van der Waals surface area contributed by atoms with Crippen molar-refractivity contribution < 1.29 is 13.2 Å². The zero-order valence-electron chi connectivity index (χ0n) is 8.23. The van der Waals surface area contributed by atoms with Crippen LogP contribution in [0, 0.1) is 0 Å². The molecule has 1 aliphatic rings. The van der Waals surface area contributed by atoms with Crippen LogP contribution in [0.1, 0.15) is 29.8 Å². The van der Waals surface area contributed by atoms with Crippen molar-refractivity contribution in [2.45, 2.75) is 18.8 Å². The smallest absolute Gasteiger partial charge is 0.214 e. The molecule has 0 aliphatic carbocycles. The minimum absolute atomic E-state index is 0.0630. The quantitative estimate of drug-likeness (QED) is 0.702. The number of aromatic nitrogens is 3. The Bertz CT molecular complexity index is 493. The molecule has 0 radical (unpaired) electrons. The second-order valence-electron chi connectivity index (χ2n) is 4.06. The van der Waals surface area contributed by atoms with Gasteiger partial charge in [-0.3, -0.25) is 9.89 Å². The lowest BCUT2D eigenvalue weighted by molar-refractivity contribution is 0.111. The normalized spacial score (nSPS) is 29.1. The predicted octanol–water partition coefficient (Wildman–Crippen LogP) is -0.307. The summed E-state index contributed by atoms with van der Waals surface area (Å²) in [6.45, 7) is 1.81. The second-order valence-corrected chi connectivity index (χ2v) is 6.25. The van der Waals surface area contributed by atoms with Crippen LogP contribution >= 0.6 is 0 Å². The van der Waals surface area contributed by atoms with Gasteiger partial charge in [-0.05, 0) is 6.42 Å². The molecule has 1 unspecified atom stereocenters. The van der Waals surface area contributed by atoms with E-state index in [1.807, 2.05) is 6.92 Å². The van der Waals surface area contributed by atoms with E-state index in [4.69, 9.17) is 0 Å². The molecule has 0 aromatic carbocycles. The highest BCUT2D eigenvalue weighted by atomic mass is 32.2. The van der Waals surface area contributed by atoms with Crippen LogP contribution < -0.4 is 0 Å². The van der Waals surface area contributed by atoms with Crippen molar-refractivity contribution in [3.8, 4) is 0 Å². The van der Waals surface area contributed by atoms with E-state index >= 15 is 0 Å². The van der Waals surface area contributed by atoms with Crippen molar-refractivity contribution in [2.24, 2.45) is 0 Å². The third-order valence-corrected chi connectivity index (χ3v) is 4.59. The van der Waals surface area contributed by atoms with Crippen molar-refractivity contribution >= 4 is 16.1 Å². The Balaban J connectivity index is 2.35. The molecule has 6 nitrogen and oxygen atoms in total. The van der Waals surface area contributed by atoms with Crippen molar-refractivity contribution in [2.75, 3.05) is 11.5 Å². The molecule has 0 amide bonds. The minimum Gasteiger partial charge on any atom is -0.294 e. The first-order valence-electron chi connectivity index (χ1n) is 4.54. The summed E-state index contributed by atoms with van der Waals surface area (Å²) >= 11 is 0. The van der Waals surface area contributed by atoms with E-state index in [0.29, 0.717) is 18.5 Å². The Labute approximate surface area is 87.0 Å². The highest BCUT2D eigenvalue weighted by Crippen LogP contribution is 2.33. The molecule has 1 saturated heterocycles. The molecule has 1 aromatic heterocycles. The molecule has 1 aromatic rings. The van der Waals surface area contributed by atoms with E-state index in [1.165, 1.54) is 0 Å². The Kier molecular flexibility index (Phi) is 2.14. The van der Waals surface area contributed by atoms with E-state index in [1.54, 1.807) is 0 Å². The number of carbonyl (C=O) groups excluding carboxylic acids is 1. The van der Waals surface area contributed by atoms with Gasteiger partial charge in [-0.25, -0.2) is 13.4 Å². The number of hydrogen-bond donors (Lipinski definition) is 1. The fraction of sp³-hybridized carbons (Fsp3) is 0.625. The first-order chi connectivity index (χ1) is 6.95. The van der Waals surface area contributed by atoms with Gasteiger partial charge in [-0.2, -0.15) is 5.10 Å². The zero-order chi connectivity index (χ0) is 11.1. The summed E-state index contributed by atoms with van der Waals surface area (Å²) in [5.74, 6) is 0.773. The number of nitrogens with one attached hydrogen (secondary N) is 1. The molecule has 1 atom stereocenters. The van der Waals surface area contributed by atoms with Gasteiger partial charge in [0.05, 0.1) is 11.5 Å². The number of H-pyrrole nitrogens is 1. The van der Waals surface area contributed by atoms with E-state index in [9.17, 15) is 13.2 Å². The third kappa shape index (κ3) is 1.79. The zero-order valence-corrected chi connectivity index (χ0v) is 9.04. The number of sulfone groups is 1. The van der Waals surface area contributed by atoms with Crippen LogP contribution in [0.3, 0.4) is 0 Å². The van der Waals surface area contributed by atoms with E-state index < -0.39 is 15.3 Å². The maximum absolute atomic E-state index is 11.4. The summed E-state index contributed by atoms with van der Waals surface area (Å²) in [6.07, 6.45) is 1.05. The molecule has 15 heavy (non-hydrogen) atoms. The molecule has 0 bridgehead atoms. The molecule has 7 heteroatoms. The van der Waals surface area contributed by atoms with Gasteiger partial charge in [0.15, 0.2) is 16.1 Å². The SMILES string of the molecule is CC1(c2nc(C=O)n[nH]2)CCS(=O)(=O)C1. The molecule has 1 aliphatic heterocycles. The van der Waals surface area contributed by atoms with Gasteiger partial charge in [0, 0.05) is 5.41 Å². The van der Waals surface area contributed by atoms with Gasteiger partial charge in [-0.15, -0.1) is 0 Å². The van der Waals surface area contributed by atoms with Crippen LogP contribution in [0.25, 0.3) is 0 Å². The highest BCUT2D eigenvalue weighted by molar-refractivity contribution is 7.91. The molecule has 82 valence electrons. The fourth-order valence-electron chi connectivity index (χ4n) is 1.79. The first-order valence-corrected chi connectivity index (χ1v) is 6.36. The fourth-order valence-corrected chi connectivity index (χ4v) is 3.95. The average Bonchev–Trinajstić information content (AvgIpc) is 2.71. The lowest BCUT2D eigenvalue weighted by Crippen LogP contribution is -2.25. The van der Waals surface area contributed by atoms with Crippen molar-refractivity contribution in [3.05, 3.63) is 11.6 Å². The predicted molar refractivity (Wildman–Crippen MR) is 52.4 cm³/mol. The third-order valence-electron chi connectivity index (χ3n) is 2.68.